The van der Waals surface area contributed by atoms with Crippen LogP contribution in [0.3, 0.4) is 0 Å². The molecule has 0 atom stereocenters. The summed E-state index contributed by atoms with van der Waals surface area (Å²) in [5.74, 6) is -1.30. The summed E-state index contributed by atoms with van der Waals surface area (Å²) in [6.07, 6.45) is -0.0283. The summed E-state index contributed by atoms with van der Waals surface area (Å²) in [4.78, 5) is 37.9. The average molecular weight is 449 g/mol. The van der Waals surface area contributed by atoms with Crippen molar-refractivity contribution in [1.29, 1.82) is 0 Å². The van der Waals surface area contributed by atoms with Gasteiger partial charge in [0.2, 0.25) is 11.7 Å². The van der Waals surface area contributed by atoms with Crippen molar-refractivity contribution in [3.63, 3.8) is 0 Å². The number of nitrogens with one attached hydrogen (secondary N) is 1. The zero-order valence-electron chi connectivity index (χ0n) is 15.7. The van der Waals surface area contributed by atoms with E-state index >= 15 is 0 Å². The molecule has 1 amide bonds. The Kier molecular flexibility index (Phi) is 6.88. The van der Waals surface area contributed by atoms with Gasteiger partial charge < -0.3 is 14.6 Å². The fourth-order valence-corrected chi connectivity index (χ4v) is 2.63. The van der Waals surface area contributed by atoms with Crippen LogP contribution in [-0.2, 0) is 20.7 Å². The summed E-state index contributed by atoms with van der Waals surface area (Å²) < 4.78 is 22.9. The predicted octanol–water partition coefficient (Wildman–Crippen LogP) is 3.55. The lowest BCUT2D eigenvalue weighted by Crippen LogP contribution is -2.21. The summed E-state index contributed by atoms with van der Waals surface area (Å²) in [6.45, 7) is -0.573. The number of carbonyl (C=O) groups excluding carboxylic acids is 2. The van der Waals surface area contributed by atoms with Crippen LogP contribution in [0.5, 0.6) is 0 Å². The molecule has 0 radical (unpaired) electrons. The second-order valence-electron chi connectivity index (χ2n) is 6.15. The van der Waals surface area contributed by atoms with Gasteiger partial charge in [-0.05, 0) is 30.3 Å². The summed E-state index contributed by atoms with van der Waals surface area (Å²) in [6, 6.07) is 9.05. The summed E-state index contributed by atoms with van der Waals surface area (Å²) >= 11 is 5.88. The molecule has 3 aromatic rings. The first kappa shape index (κ1) is 21.8. The highest BCUT2D eigenvalue weighted by Crippen LogP contribution is 2.26. The van der Waals surface area contributed by atoms with E-state index in [0.29, 0.717) is 5.56 Å². The van der Waals surface area contributed by atoms with E-state index in [4.69, 9.17) is 20.9 Å². The van der Waals surface area contributed by atoms with Crippen molar-refractivity contribution in [2.24, 2.45) is 0 Å². The Labute approximate surface area is 179 Å². The molecular weight excluding hydrogens is 435 g/mol. The Bertz CT molecular complexity index is 1120. The fraction of sp³-hybridized carbons (Fsp3) is 0.158. The molecule has 0 spiro atoms. The van der Waals surface area contributed by atoms with Crippen molar-refractivity contribution >= 4 is 34.9 Å². The fourth-order valence-electron chi connectivity index (χ4n) is 2.41. The Hall–Kier alpha value is -3.86. The molecule has 0 aliphatic carbocycles. The third kappa shape index (κ3) is 6.06. The van der Waals surface area contributed by atoms with Crippen LogP contribution in [0.2, 0.25) is 5.02 Å². The number of carbonyl (C=O) groups is 2. The number of halogens is 2. The lowest BCUT2D eigenvalue weighted by molar-refractivity contribution is -0.384. The molecule has 2 aromatic carbocycles. The summed E-state index contributed by atoms with van der Waals surface area (Å²) in [5.41, 5.74) is 0.478. The number of aromatic nitrogens is 2. The van der Waals surface area contributed by atoms with E-state index in [9.17, 15) is 24.1 Å². The Morgan fingerprint density at radius 1 is 1.23 bits per heavy atom. The zero-order valence-corrected chi connectivity index (χ0v) is 16.5. The molecule has 1 heterocycles. The Morgan fingerprint density at radius 3 is 2.65 bits per heavy atom. The summed E-state index contributed by atoms with van der Waals surface area (Å²) in [7, 11) is 0. The van der Waals surface area contributed by atoms with E-state index in [1.54, 1.807) is 0 Å². The Balaban J connectivity index is 1.44. The number of nitrogens with zero attached hydrogens (tertiary/aromatic N) is 3. The molecule has 0 saturated heterocycles. The standard InChI is InChI=1S/C19H14ClFN4O6/c20-14-9-13(25(28)29)5-6-15(14)22-16(26)10-30-18(27)8-7-17-23-19(24-31-17)11-1-3-12(21)4-2-11/h1-6,9H,7-8,10H2,(H,22,26). The normalized spacial score (nSPS) is 10.5. The number of nitro benzene ring substituents is 1. The minimum absolute atomic E-state index is 0.0257. The molecule has 0 saturated carbocycles. The van der Waals surface area contributed by atoms with Crippen LogP contribution >= 0.6 is 11.6 Å². The Morgan fingerprint density at radius 2 is 1.97 bits per heavy atom. The number of ether oxygens (including phenoxy) is 1. The number of rotatable bonds is 8. The predicted molar refractivity (Wildman–Crippen MR) is 106 cm³/mol. The SMILES string of the molecule is O=C(COC(=O)CCc1nc(-c2ccc(F)cc2)no1)Nc1ccc([N+](=O)[O-])cc1Cl. The van der Waals surface area contributed by atoms with Gasteiger partial charge >= 0.3 is 5.97 Å². The van der Waals surface area contributed by atoms with Gasteiger partial charge in [-0.15, -0.1) is 0 Å². The molecule has 0 unspecified atom stereocenters. The first-order chi connectivity index (χ1) is 14.8. The van der Waals surface area contributed by atoms with Gasteiger partial charge in [0.25, 0.3) is 11.6 Å². The van der Waals surface area contributed by atoms with Crippen LogP contribution in [0.4, 0.5) is 15.8 Å². The number of esters is 1. The second-order valence-corrected chi connectivity index (χ2v) is 6.56. The van der Waals surface area contributed by atoms with Gasteiger partial charge in [0.15, 0.2) is 6.61 Å². The van der Waals surface area contributed by atoms with Crippen LogP contribution in [0.25, 0.3) is 11.4 Å². The molecular formula is C19H14ClFN4O6. The van der Waals surface area contributed by atoms with Crippen LogP contribution in [0, 0.1) is 15.9 Å². The van der Waals surface area contributed by atoms with Crippen LogP contribution in [-0.4, -0.2) is 33.5 Å². The third-order valence-electron chi connectivity index (χ3n) is 3.92. The molecule has 0 bridgehead atoms. The highest BCUT2D eigenvalue weighted by atomic mass is 35.5. The van der Waals surface area contributed by atoms with E-state index in [-0.39, 0.29) is 41.0 Å². The number of anilines is 1. The molecule has 1 aromatic heterocycles. The minimum Gasteiger partial charge on any atom is -0.456 e. The molecule has 10 nitrogen and oxygen atoms in total. The lowest BCUT2D eigenvalue weighted by Gasteiger charge is -2.07. The van der Waals surface area contributed by atoms with Gasteiger partial charge in [-0.1, -0.05) is 16.8 Å². The van der Waals surface area contributed by atoms with Gasteiger partial charge in [0.1, 0.15) is 5.82 Å². The number of hydrogen-bond donors (Lipinski definition) is 1. The smallest absolute Gasteiger partial charge is 0.306 e. The van der Waals surface area contributed by atoms with E-state index in [1.807, 2.05) is 0 Å². The first-order valence-electron chi connectivity index (χ1n) is 8.80. The molecule has 0 aliphatic heterocycles. The maximum absolute atomic E-state index is 13.0. The van der Waals surface area contributed by atoms with Crippen LogP contribution < -0.4 is 5.32 Å². The number of aryl methyl sites for hydroxylation is 1. The van der Waals surface area contributed by atoms with Crippen LogP contribution in [0.15, 0.2) is 47.0 Å². The molecule has 12 heteroatoms. The van der Waals surface area contributed by atoms with E-state index < -0.39 is 29.2 Å². The van der Waals surface area contributed by atoms with Crippen molar-refractivity contribution in [3.8, 4) is 11.4 Å². The minimum atomic E-state index is -0.675. The van der Waals surface area contributed by atoms with Gasteiger partial charge in [-0.2, -0.15) is 4.98 Å². The van der Waals surface area contributed by atoms with Crippen LogP contribution in [0.1, 0.15) is 12.3 Å². The quantitative estimate of drug-likeness (QED) is 0.313. The molecule has 1 N–H and O–H groups in total. The zero-order chi connectivity index (χ0) is 22.4. The van der Waals surface area contributed by atoms with Gasteiger partial charge in [-0.3, -0.25) is 19.7 Å². The van der Waals surface area contributed by atoms with Gasteiger partial charge in [-0.25, -0.2) is 4.39 Å². The topological polar surface area (TPSA) is 137 Å². The summed E-state index contributed by atoms with van der Waals surface area (Å²) in [5, 5.41) is 16.8. The molecule has 0 fully saturated rings. The largest absolute Gasteiger partial charge is 0.456 e. The molecule has 31 heavy (non-hydrogen) atoms. The highest BCUT2D eigenvalue weighted by Gasteiger charge is 2.15. The molecule has 3 rings (SSSR count). The van der Waals surface area contributed by atoms with E-state index in [2.05, 4.69) is 15.5 Å². The molecule has 0 aliphatic rings. The van der Waals surface area contributed by atoms with Crippen molar-refractivity contribution < 1.29 is 28.2 Å². The number of benzene rings is 2. The van der Waals surface area contributed by atoms with Crippen molar-refractivity contribution in [2.45, 2.75) is 12.8 Å². The van der Waals surface area contributed by atoms with Gasteiger partial charge in [0.05, 0.1) is 22.1 Å². The molecule has 160 valence electrons. The number of hydrogen-bond acceptors (Lipinski definition) is 8. The van der Waals surface area contributed by atoms with Crippen molar-refractivity contribution in [2.75, 3.05) is 11.9 Å². The van der Waals surface area contributed by atoms with Gasteiger partial charge in [0, 0.05) is 24.1 Å². The number of amides is 1. The second kappa shape index (κ2) is 9.76. The maximum atomic E-state index is 13.0. The number of nitro groups is 1. The monoisotopic (exact) mass is 448 g/mol. The third-order valence-corrected chi connectivity index (χ3v) is 4.23. The lowest BCUT2D eigenvalue weighted by atomic mass is 10.2. The highest BCUT2D eigenvalue weighted by molar-refractivity contribution is 6.34. The van der Waals surface area contributed by atoms with Crippen molar-refractivity contribution in [1.82, 2.24) is 10.1 Å². The first-order valence-corrected chi connectivity index (χ1v) is 9.17. The van der Waals surface area contributed by atoms with E-state index in [0.717, 1.165) is 6.07 Å². The van der Waals surface area contributed by atoms with E-state index in [1.165, 1.54) is 36.4 Å². The maximum Gasteiger partial charge on any atom is 0.306 e. The number of non-ortho nitro benzene ring substituents is 1. The van der Waals surface area contributed by atoms with Crippen molar-refractivity contribution in [3.05, 3.63) is 69.3 Å². The average Bonchev–Trinajstić information content (AvgIpc) is 3.21.